The molecule has 3 nitrogen and oxygen atoms in total. The Morgan fingerprint density at radius 2 is 2.29 bits per heavy atom. The van der Waals surface area contributed by atoms with E-state index in [2.05, 4.69) is 20.9 Å². The summed E-state index contributed by atoms with van der Waals surface area (Å²) in [4.78, 5) is 4.67. The van der Waals surface area contributed by atoms with Crippen LogP contribution in [0.2, 0.25) is 0 Å². The smallest absolute Gasteiger partial charge is 0.180 e. The maximum atomic E-state index is 9.97. The highest BCUT2D eigenvalue weighted by molar-refractivity contribution is 9.10. The Kier molecular flexibility index (Phi) is 2.87. The normalized spacial score (nSPS) is 13.0. The topological polar surface area (TPSA) is 59.1 Å². The molecule has 0 spiro atoms. The molecule has 0 aliphatic heterocycles. The Morgan fingerprint density at radius 3 is 2.79 bits per heavy atom. The highest BCUT2D eigenvalue weighted by Crippen LogP contribution is 2.34. The lowest BCUT2D eigenvalue weighted by atomic mass is 10.2. The molecule has 0 fully saturated rings. The van der Waals surface area contributed by atoms with Gasteiger partial charge < -0.3 is 10.8 Å². The van der Waals surface area contributed by atoms with Gasteiger partial charge in [0.05, 0.1) is 4.88 Å². The third kappa shape index (κ3) is 1.83. The average Bonchev–Trinajstić information content (AvgIpc) is 2.73. The van der Waals surface area contributed by atoms with Crippen LogP contribution in [0.15, 0.2) is 21.4 Å². The molecule has 2 rings (SSSR count). The van der Waals surface area contributed by atoms with Crippen LogP contribution < -0.4 is 5.73 Å². The highest BCUT2D eigenvalue weighted by atomic mass is 79.9. The molecule has 0 saturated heterocycles. The number of nitrogens with two attached hydrogens (primary N) is 1. The summed E-state index contributed by atoms with van der Waals surface area (Å²) in [6.07, 6.45) is 0.972. The summed E-state index contributed by atoms with van der Waals surface area (Å²) in [7, 11) is 0. The maximum absolute atomic E-state index is 9.97. The third-order valence-electron chi connectivity index (χ3n) is 1.75. The molecule has 0 bridgehead atoms. The fraction of sp³-hybridized carbons (Fsp3) is 0.125. The average molecular weight is 291 g/mol. The van der Waals surface area contributed by atoms with Crippen molar-refractivity contribution < 1.29 is 5.11 Å². The van der Waals surface area contributed by atoms with Crippen LogP contribution in [0.3, 0.4) is 0 Å². The van der Waals surface area contributed by atoms with Gasteiger partial charge >= 0.3 is 0 Å². The fourth-order valence-corrected chi connectivity index (χ4v) is 3.29. The molecule has 1 atom stereocenters. The molecular weight excluding hydrogens is 284 g/mol. The van der Waals surface area contributed by atoms with Crippen LogP contribution in [0.4, 0.5) is 5.13 Å². The Hall–Kier alpha value is -0.430. The van der Waals surface area contributed by atoms with Crippen molar-refractivity contribution in [3.05, 3.63) is 31.9 Å². The van der Waals surface area contributed by atoms with E-state index >= 15 is 0 Å². The molecule has 0 radical (unpaired) electrons. The number of anilines is 1. The molecule has 0 aliphatic rings. The van der Waals surface area contributed by atoms with Gasteiger partial charge in [0.1, 0.15) is 6.10 Å². The van der Waals surface area contributed by atoms with Gasteiger partial charge in [0, 0.05) is 21.6 Å². The van der Waals surface area contributed by atoms with Crippen molar-refractivity contribution in [1.82, 2.24) is 4.98 Å². The highest BCUT2D eigenvalue weighted by Gasteiger charge is 2.16. The molecule has 1 unspecified atom stereocenters. The summed E-state index contributed by atoms with van der Waals surface area (Å²) in [5.41, 5.74) is 6.35. The lowest BCUT2D eigenvalue weighted by molar-refractivity contribution is 0.223. The number of thiazole rings is 1. The predicted octanol–water partition coefficient (Wildman–Crippen LogP) is 2.63. The van der Waals surface area contributed by atoms with Crippen molar-refractivity contribution in [3.63, 3.8) is 0 Å². The number of hydrogen-bond donors (Lipinski definition) is 2. The van der Waals surface area contributed by atoms with Crippen molar-refractivity contribution in [2.24, 2.45) is 0 Å². The van der Waals surface area contributed by atoms with Crippen molar-refractivity contribution >= 4 is 43.7 Å². The summed E-state index contributed by atoms with van der Waals surface area (Å²) >= 11 is 6.22. The Bertz CT molecular complexity index is 440. The van der Waals surface area contributed by atoms with Crippen LogP contribution in [0.1, 0.15) is 16.5 Å². The molecule has 14 heavy (non-hydrogen) atoms. The summed E-state index contributed by atoms with van der Waals surface area (Å²) in [6.45, 7) is 0. The summed E-state index contributed by atoms with van der Waals surface area (Å²) in [6, 6.07) is 0. The van der Waals surface area contributed by atoms with Crippen LogP contribution in [0, 0.1) is 0 Å². The van der Waals surface area contributed by atoms with Crippen LogP contribution in [0.5, 0.6) is 0 Å². The van der Waals surface area contributed by atoms with E-state index in [1.54, 1.807) is 17.5 Å². The number of halogens is 1. The van der Waals surface area contributed by atoms with Gasteiger partial charge in [-0.05, 0) is 21.3 Å². The second-order valence-electron chi connectivity index (χ2n) is 2.68. The summed E-state index contributed by atoms with van der Waals surface area (Å²) in [5.74, 6) is 0. The number of aliphatic hydroxyl groups excluding tert-OH is 1. The zero-order valence-corrected chi connectivity index (χ0v) is 10.2. The number of aliphatic hydroxyl groups is 1. The molecule has 3 N–H and O–H groups in total. The Labute approximate surface area is 97.4 Å². The van der Waals surface area contributed by atoms with Crippen LogP contribution >= 0.6 is 38.6 Å². The molecule has 6 heteroatoms. The largest absolute Gasteiger partial charge is 0.383 e. The molecule has 2 aromatic rings. The zero-order chi connectivity index (χ0) is 10.1. The van der Waals surface area contributed by atoms with E-state index < -0.39 is 6.10 Å². The zero-order valence-electron chi connectivity index (χ0n) is 6.98. The molecule has 0 saturated carbocycles. The number of thiophene rings is 1. The second kappa shape index (κ2) is 3.98. The minimum Gasteiger partial charge on any atom is -0.383 e. The first-order chi connectivity index (χ1) is 6.68. The van der Waals surface area contributed by atoms with Crippen LogP contribution in [-0.4, -0.2) is 10.1 Å². The van der Waals surface area contributed by atoms with E-state index in [-0.39, 0.29) is 0 Å². The lowest BCUT2D eigenvalue weighted by Crippen LogP contribution is -1.95. The minimum absolute atomic E-state index is 0.477. The number of aromatic nitrogens is 1. The number of nitrogen functional groups attached to an aromatic ring is 1. The SMILES string of the molecule is Nc1ncc(C(O)c2cscc2Br)s1. The van der Waals surface area contributed by atoms with Crippen molar-refractivity contribution in [1.29, 1.82) is 0 Å². The van der Waals surface area contributed by atoms with E-state index in [9.17, 15) is 5.11 Å². The first-order valence-electron chi connectivity index (χ1n) is 3.79. The van der Waals surface area contributed by atoms with Gasteiger partial charge in [-0.2, -0.15) is 11.3 Å². The molecular formula is C8H7BrN2OS2. The van der Waals surface area contributed by atoms with Gasteiger partial charge in [-0.1, -0.05) is 11.3 Å². The summed E-state index contributed by atoms with van der Waals surface area (Å²) < 4.78 is 0.918. The van der Waals surface area contributed by atoms with Crippen molar-refractivity contribution in [2.75, 3.05) is 5.73 Å². The molecule has 0 aromatic carbocycles. The quantitative estimate of drug-likeness (QED) is 0.894. The van der Waals surface area contributed by atoms with Crippen LogP contribution in [-0.2, 0) is 0 Å². The summed E-state index contributed by atoms with van der Waals surface area (Å²) in [5, 5.41) is 14.3. The Morgan fingerprint density at radius 1 is 1.50 bits per heavy atom. The molecule has 2 heterocycles. The van der Waals surface area contributed by atoms with E-state index in [1.165, 1.54) is 11.3 Å². The van der Waals surface area contributed by atoms with E-state index in [1.807, 2.05) is 10.8 Å². The monoisotopic (exact) mass is 290 g/mol. The van der Waals surface area contributed by atoms with Gasteiger partial charge in [0.15, 0.2) is 5.13 Å². The molecule has 0 aliphatic carbocycles. The maximum Gasteiger partial charge on any atom is 0.180 e. The molecule has 0 amide bonds. The first kappa shape index (κ1) is 10.1. The second-order valence-corrected chi connectivity index (χ2v) is 5.37. The van der Waals surface area contributed by atoms with Crippen molar-refractivity contribution in [3.8, 4) is 0 Å². The van der Waals surface area contributed by atoms with E-state index in [4.69, 9.17) is 5.73 Å². The number of hydrogen-bond acceptors (Lipinski definition) is 5. The van der Waals surface area contributed by atoms with Gasteiger partial charge in [0.25, 0.3) is 0 Å². The van der Waals surface area contributed by atoms with Crippen molar-refractivity contribution in [2.45, 2.75) is 6.10 Å². The predicted molar refractivity (Wildman–Crippen MR) is 62.6 cm³/mol. The van der Waals surface area contributed by atoms with Gasteiger partial charge in [-0.15, -0.1) is 0 Å². The van der Waals surface area contributed by atoms with Gasteiger partial charge in [0.2, 0.25) is 0 Å². The van der Waals surface area contributed by atoms with E-state index in [0.717, 1.165) is 14.9 Å². The Balaban J connectivity index is 2.33. The fourth-order valence-electron chi connectivity index (χ4n) is 1.07. The van der Waals surface area contributed by atoms with Gasteiger partial charge in [-0.25, -0.2) is 4.98 Å². The third-order valence-corrected chi connectivity index (χ3v) is 4.38. The van der Waals surface area contributed by atoms with E-state index in [0.29, 0.717) is 5.13 Å². The number of rotatable bonds is 2. The van der Waals surface area contributed by atoms with Crippen LogP contribution in [0.25, 0.3) is 0 Å². The molecule has 2 aromatic heterocycles. The minimum atomic E-state index is -0.634. The number of nitrogens with zero attached hydrogens (tertiary/aromatic N) is 1. The van der Waals surface area contributed by atoms with Gasteiger partial charge in [-0.3, -0.25) is 0 Å². The molecule has 74 valence electrons. The first-order valence-corrected chi connectivity index (χ1v) is 6.34. The standard InChI is InChI=1S/C8H7BrN2OS2/c9-5-3-13-2-4(5)7(12)6-1-11-8(10)14-6/h1-3,7,12H,(H2,10,11). The lowest BCUT2D eigenvalue weighted by Gasteiger charge is -2.05.